The Morgan fingerprint density at radius 2 is 1.74 bits per heavy atom. The third-order valence-electron chi connectivity index (χ3n) is 3.30. The molecule has 0 aromatic carbocycles. The molecule has 1 heterocycles. The lowest BCUT2D eigenvalue weighted by molar-refractivity contribution is -0.110. The summed E-state index contributed by atoms with van der Waals surface area (Å²) < 4.78 is 0. The fourth-order valence-electron chi connectivity index (χ4n) is 2.29. The van der Waals surface area contributed by atoms with Crippen LogP contribution in [0.4, 0.5) is 0 Å². The van der Waals surface area contributed by atoms with Crippen LogP contribution in [0.15, 0.2) is 12.2 Å². The maximum Gasteiger partial charge on any atom is 0.207 e. The van der Waals surface area contributed by atoms with Crippen LogP contribution in [-0.2, 0) is 4.79 Å². The van der Waals surface area contributed by atoms with Crippen LogP contribution >= 0.6 is 11.8 Å². The quantitative estimate of drug-likeness (QED) is 0.368. The van der Waals surface area contributed by atoms with Crippen molar-refractivity contribution in [2.24, 2.45) is 0 Å². The number of carbonyl (C=O) groups excluding carboxylic acids is 1. The molecule has 1 unspecified atom stereocenters. The lowest BCUT2D eigenvalue weighted by atomic mass is 10.0. The summed E-state index contributed by atoms with van der Waals surface area (Å²) in [4.78, 5) is 10.6. The van der Waals surface area contributed by atoms with Crippen LogP contribution in [0, 0.1) is 0 Å². The van der Waals surface area contributed by atoms with Gasteiger partial charge in [0.1, 0.15) is 0 Å². The van der Waals surface area contributed by atoms with Crippen molar-refractivity contribution in [3.63, 3.8) is 0 Å². The van der Waals surface area contributed by atoms with E-state index < -0.39 is 0 Å². The number of carbonyl (C=O) groups is 1. The lowest BCUT2D eigenvalue weighted by Gasteiger charge is -2.22. The molecule has 0 aliphatic carbocycles. The topological polar surface area (TPSA) is 41.1 Å². The van der Waals surface area contributed by atoms with Crippen molar-refractivity contribution >= 4 is 18.2 Å². The number of allylic oxidation sites excluding steroid dienone is 1. The monoisotopic (exact) mass is 346 g/mol. The second-order valence-corrected chi connectivity index (χ2v) is 6.05. The van der Waals surface area contributed by atoms with E-state index in [1.807, 2.05) is 60.4 Å². The smallest absolute Gasteiger partial charge is 0.207 e. The van der Waals surface area contributed by atoms with Crippen molar-refractivity contribution < 1.29 is 4.79 Å². The summed E-state index contributed by atoms with van der Waals surface area (Å²) >= 11 is 1.98. The maximum atomic E-state index is 10.6. The van der Waals surface area contributed by atoms with Crippen LogP contribution in [0.1, 0.15) is 74.1 Å². The van der Waals surface area contributed by atoms with E-state index in [-0.39, 0.29) is 6.04 Å². The van der Waals surface area contributed by atoms with E-state index in [2.05, 4.69) is 24.1 Å². The van der Waals surface area contributed by atoms with Gasteiger partial charge >= 0.3 is 0 Å². The average Bonchev–Trinajstić information content (AvgIpc) is 2.99. The molecule has 4 heteroatoms. The summed E-state index contributed by atoms with van der Waals surface area (Å²) in [6.07, 6.45) is 5.57. The van der Waals surface area contributed by atoms with E-state index in [4.69, 9.17) is 0 Å². The first-order valence-corrected chi connectivity index (χ1v) is 10.4. The van der Waals surface area contributed by atoms with Gasteiger partial charge < -0.3 is 10.6 Å². The van der Waals surface area contributed by atoms with Crippen LogP contribution in [0.5, 0.6) is 0 Å². The zero-order chi connectivity index (χ0) is 18.7. The molecule has 1 saturated heterocycles. The Hall–Kier alpha value is -0.480. The minimum absolute atomic E-state index is 0.285. The van der Waals surface area contributed by atoms with E-state index in [0.717, 1.165) is 18.6 Å². The average molecular weight is 347 g/mol. The number of hydrogen-bond donors (Lipinski definition) is 2. The van der Waals surface area contributed by atoms with Crippen LogP contribution in [0.25, 0.3) is 0 Å². The van der Waals surface area contributed by atoms with Gasteiger partial charge in [-0.3, -0.25) is 4.79 Å². The Kier molecular flexibility index (Phi) is 25.6. The molecule has 3 atom stereocenters. The number of thioether (sulfide) groups is 1. The molecule has 0 saturated carbocycles. The van der Waals surface area contributed by atoms with Crippen LogP contribution in [0.2, 0.25) is 0 Å². The Bertz CT molecular complexity index is 260. The molecular weight excluding hydrogens is 304 g/mol. The zero-order valence-electron chi connectivity index (χ0n) is 16.9. The minimum Gasteiger partial charge on any atom is -0.353 e. The highest BCUT2D eigenvalue weighted by atomic mass is 32.2. The van der Waals surface area contributed by atoms with Gasteiger partial charge in [-0.2, -0.15) is 11.8 Å². The maximum absolute atomic E-state index is 10.6. The van der Waals surface area contributed by atoms with E-state index in [0.29, 0.717) is 11.3 Å². The summed E-state index contributed by atoms with van der Waals surface area (Å²) in [6.45, 7) is 18.0. The predicted molar refractivity (Wildman–Crippen MR) is 109 cm³/mol. The molecule has 23 heavy (non-hydrogen) atoms. The summed E-state index contributed by atoms with van der Waals surface area (Å²) in [7, 11) is 1.97. The fraction of sp³-hybridized carbons (Fsp3) is 0.842. The Morgan fingerprint density at radius 3 is 2.17 bits per heavy atom. The number of hydrogen-bond acceptors (Lipinski definition) is 3. The van der Waals surface area contributed by atoms with Gasteiger partial charge in [0.2, 0.25) is 6.41 Å². The van der Waals surface area contributed by atoms with Gasteiger partial charge in [0, 0.05) is 17.0 Å². The summed E-state index contributed by atoms with van der Waals surface area (Å²) in [6, 6.07) is 0.698. The van der Waals surface area contributed by atoms with Crippen molar-refractivity contribution in [1.82, 2.24) is 10.6 Å². The standard InChI is InChI=1S/C13H24N2OS.3C2H6/c1-10(2)6-4-5-7-12-13(15-9-16)11(14-3)8-17-12;3*1-2/h9,11-14H,1,4-8H2,2-3H3,(H,15,16);3*1-2H3/t11-,12?,13-;;;/m1.../s1. The van der Waals surface area contributed by atoms with Gasteiger partial charge in [-0.25, -0.2) is 0 Å². The van der Waals surface area contributed by atoms with Gasteiger partial charge in [0.25, 0.3) is 0 Å². The first-order valence-electron chi connectivity index (χ1n) is 9.32. The first-order chi connectivity index (χ1) is 11.2. The molecular formula is C19H42N2OS. The molecule has 1 amide bonds. The van der Waals surface area contributed by atoms with Crippen molar-refractivity contribution in [2.75, 3.05) is 12.8 Å². The van der Waals surface area contributed by atoms with Gasteiger partial charge in [-0.1, -0.05) is 53.5 Å². The molecule has 1 aliphatic heterocycles. The third-order valence-corrected chi connectivity index (χ3v) is 4.81. The number of amides is 1. The second kappa shape index (κ2) is 21.5. The molecule has 0 radical (unpaired) electrons. The first kappa shape index (κ1) is 27.4. The van der Waals surface area contributed by atoms with Crippen LogP contribution < -0.4 is 10.6 Å². The number of likely N-dealkylation sites (N-methyl/N-ethyl adjacent to an activating group) is 1. The SMILES string of the molecule is C=C(C)CCCCC1SC[C@@H](NC)[C@H]1NC=O.CC.CC.CC. The van der Waals surface area contributed by atoms with Gasteiger partial charge in [-0.05, 0) is 33.2 Å². The summed E-state index contributed by atoms with van der Waals surface area (Å²) in [5, 5.41) is 6.80. The van der Waals surface area contributed by atoms with Crippen LogP contribution in [0.3, 0.4) is 0 Å². The summed E-state index contributed by atoms with van der Waals surface area (Å²) in [5.74, 6) is 1.09. The Balaban J connectivity index is -0.000000595. The van der Waals surface area contributed by atoms with Crippen molar-refractivity contribution in [3.8, 4) is 0 Å². The molecule has 1 aliphatic rings. The minimum atomic E-state index is 0.285. The largest absolute Gasteiger partial charge is 0.353 e. The highest BCUT2D eigenvalue weighted by molar-refractivity contribution is 8.00. The normalized spacial score (nSPS) is 21.5. The van der Waals surface area contributed by atoms with Gasteiger partial charge in [0.15, 0.2) is 0 Å². The molecule has 0 aromatic heterocycles. The molecule has 0 spiro atoms. The number of rotatable bonds is 8. The molecule has 3 nitrogen and oxygen atoms in total. The van der Waals surface area contributed by atoms with Gasteiger partial charge in [-0.15, -0.1) is 6.58 Å². The molecule has 0 aromatic rings. The summed E-state index contributed by atoms with van der Waals surface area (Å²) in [5.41, 5.74) is 1.26. The third kappa shape index (κ3) is 13.6. The van der Waals surface area contributed by atoms with Crippen molar-refractivity contribution in [1.29, 1.82) is 0 Å². The van der Waals surface area contributed by atoms with E-state index in [1.165, 1.54) is 24.8 Å². The van der Waals surface area contributed by atoms with Crippen molar-refractivity contribution in [2.45, 2.75) is 91.5 Å². The van der Waals surface area contributed by atoms with E-state index in [9.17, 15) is 4.79 Å². The van der Waals surface area contributed by atoms with Crippen LogP contribution in [-0.4, -0.2) is 36.5 Å². The van der Waals surface area contributed by atoms with Gasteiger partial charge in [0.05, 0.1) is 6.04 Å². The Morgan fingerprint density at radius 1 is 1.17 bits per heavy atom. The zero-order valence-corrected chi connectivity index (χ0v) is 17.7. The molecule has 1 rings (SSSR count). The Labute approximate surface area is 150 Å². The highest BCUT2D eigenvalue weighted by Crippen LogP contribution is 2.31. The number of unbranched alkanes of at least 4 members (excludes halogenated alkanes) is 1. The molecule has 1 fully saturated rings. The number of nitrogens with one attached hydrogen (secondary N) is 2. The van der Waals surface area contributed by atoms with E-state index in [1.54, 1.807) is 0 Å². The second-order valence-electron chi connectivity index (χ2n) is 4.78. The lowest BCUT2D eigenvalue weighted by Crippen LogP contribution is -2.48. The molecule has 0 bridgehead atoms. The molecule has 2 N–H and O–H groups in total. The predicted octanol–water partition coefficient (Wildman–Crippen LogP) is 5.02. The van der Waals surface area contributed by atoms with E-state index >= 15 is 0 Å². The highest BCUT2D eigenvalue weighted by Gasteiger charge is 2.34. The molecule has 140 valence electrons. The van der Waals surface area contributed by atoms with Crippen molar-refractivity contribution in [3.05, 3.63) is 12.2 Å². The fourth-order valence-corrected chi connectivity index (χ4v) is 3.93.